The number of aromatic nitrogens is 1. The van der Waals surface area contributed by atoms with Gasteiger partial charge in [-0.2, -0.15) is 0 Å². The first-order valence-corrected chi connectivity index (χ1v) is 6.95. The van der Waals surface area contributed by atoms with Crippen LogP contribution in [0, 0.1) is 0 Å². The van der Waals surface area contributed by atoms with Crippen molar-refractivity contribution in [2.75, 3.05) is 18.0 Å². The van der Waals surface area contributed by atoms with Crippen molar-refractivity contribution in [1.82, 2.24) is 10.3 Å². The summed E-state index contributed by atoms with van der Waals surface area (Å²) in [5.41, 5.74) is 8.39. The lowest BCUT2D eigenvalue weighted by Gasteiger charge is -2.25. The number of nitrogens with two attached hydrogens (primary N) is 1. The van der Waals surface area contributed by atoms with Gasteiger partial charge >= 0.3 is 0 Å². The second-order valence-electron chi connectivity index (χ2n) is 5.49. The number of rotatable bonds is 3. The summed E-state index contributed by atoms with van der Waals surface area (Å²) in [7, 11) is 0. The highest BCUT2D eigenvalue weighted by molar-refractivity contribution is 5.48. The summed E-state index contributed by atoms with van der Waals surface area (Å²) in [5, 5.41) is 2.87. The Labute approximate surface area is 113 Å². The second kappa shape index (κ2) is 5.17. The number of amides is 1. The van der Waals surface area contributed by atoms with E-state index in [4.69, 9.17) is 10.7 Å². The van der Waals surface area contributed by atoms with E-state index in [1.807, 2.05) is 0 Å². The molecule has 1 fully saturated rings. The van der Waals surface area contributed by atoms with Crippen LogP contribution in [0.3, 0.4) is 0 Å². The number of carbonyl (C=O) groups is 1. The maximum absolute atomic E-state index is 10.5. The topological polar surface area (TPSA) is 71.2 Å². The van der Waals surface area contributed by atoms with Crippen LogP contribution in [0.25, 0.3) is 0 Å². The van der Waals surface area contributed by atoms with Crippen LogP contribution in [-0.2, 0) is 17.6 Å². The number of nitrogens with zero attached hydrogens (tertiary/aromatic N) is 2. The maximum Gasteiger partial charge on any atom is 0.207 e. The van der Waals surface area contributed by atoms with Gasteiger partial charge in [0.25, 0.3) is 0 Å². The average Bonchev–Trinajstić information content (AvgIpc) is 2.85. The Kier molecular flexibility index (Phi) is 3.38. The molecule has 1 aromatic rings. The second-order valence-corrected chi connectivity index (χ2v) is 5.49. The quantitative estimate of drug-likeness (QED) is 0.763. The van der Waals surface area contributed by atoms with Crippen LogP contribution in [0.5, 0.6) is 0 Å². The molecule has 2 unspecified atom stereocenters. The minimum absolute atomic E-state index is 0.262. The van der Waals surface area contributed by atoms with Gasteiger partial charge in [0.15, 0.2) is 0 Å². The van der Waals surface area contributed by atoms with Crippen LogP contribution < -0.4 is 16.0 Å². The molecule has 1 amide bonds. The molecule has 1 aromatic heterocycles. The first-order chi connectivity index (χ1) is 9.26. The highest BCUT2D eigenvalue weighted by Gasteiger charge is 2.23. The number of hydrogen-bond donors (Lipinski definition) is 2. The smallest absolute Gasteiger partial charge is 0.207 e. The molecular weight excluding hydrogens is 240 g/mol. The number of fused-ring (bicyclic) bond motifs is 1. The lowest BCUT2D eigenvalue weighted by Crippen LogP contribution is -2.34. The molecule has 2 heterocycles. The van der Waals surface area contributed by atoms with Crippen molar-refractivity contribution in [3.05, 3.63) is 23.4 Å². The summed E-state index contributed by atoms with van der Waals surface area (Å²) >= 11 is 0. The van der Waals surface area contributed by atoms with Gasteiger partial charge in [-0.1, -0.05) is 6.07 Å². The van der Waals surface area contributed by atoms with Crippen LogP contribution in [0.4, 0.5) is 5.82 Å². The van der Waals surface area contributed by atoms with Gasteiger partial charge < -0.3 is 16.0 Å². The SMILES string of the molecule is NC1CCN(c2ccc3c(n2)CCC(NC=O)C3)C1. The van der Waals surface area contributed by atoms with E-state index in [2.05, 4.69) is 22.3 Å². The van der Waals surface area contributed by atoms with Gasteiger partial charge in [0, 0.05) is 30.9 Å². The Morgan fingerprint density at radius 1 is 1.42 bits per heavy atom. The molecule has 1 aliphatic heterocycles. The van der Waals surface area contributed by atoms with Crippen LogP contribution >= 0.6 is 0 Å². The van der Waals surface area contributed by atoms with Gasteiger partial charge in [-0.15, -0.1) is 0 Å². The largest absolute Gasteiger partial charge is 0.356 e. The van der Waals surface area contributed by atoms with E-state index in [-0.39, 0.29) is 12.1 Å². The molecular formula is C14H20N4O. The van der Waals surface area contributed by atoms with E-state index in [9.17, 15) is 4.79 Å². The van der Waals surface area contributed by atoms with Gasteiger partial charge in [0.05, 0.1) is 0 Å². The molecule has 3 N–H and O–H groups in total. The number of nitrogens with one attached hydrogen (secondary N) is 1. The van der Waals surface area contributed by atoms with Gasteiger partial charge in [-0.05, 0) is 37.3 Å². The van der Waals surface area contributed by atoms with Crippen molar-refractivity contribution in [3.63, 3.8) is 0 Å². The predicted octanol–water partition coefficient (Wildman–Crippen LogP) is 0.222. The lowest BCUT2D eigenvalue weighted by molar-refractivity contribution is -0.110. The fourth-order valence-electron chi connectivity index (χ4n) is 3.01. The third-order valence-corrected chi connectivity index (χ3v) is 4.10. The zero-order chi connectivity index (χ0) is 13.2. The van der Waals surface area contributed by atoms with E-state index in [0.29, 0.717) is 0 Å². The number of carbonyl (C=O) groups excluding carboxylic acids is 1. The van der Waals surface area contributed by atoms with Crippen LogP contribution in [-0.4, -0.2) is 36.6 Å². The van der Waals surface area contributed by atoms with Gasteiger partial charge in [0.2, 0.25) is 6.41 Å². The van der Waals surface area contributed by atoms with Crippen LogP contribution in [0.15, 0.2) is 12.1 Å². The van der Waals surface area contributed by atoms with E-state index in [0.717, 1.165) is 51.0 Å². The fourth-order valence-corrected chi connectivity index (χ4v) is 3.01. The standard InChI is InChI=1S/C14H20N4O/c15-11-5-6-18(8-11)14-4-1-10-7-12(16-9-19)2-3-13(10)17-14/h1,4,9,11-12H,2-3,5-8,15H2,(H,16,19). The summed E-state index contributed by atoms with van der Waals surface area (Å²) in [5.74, 6) is 1.05. The number of anilines is 1. The first-order valence-electron chi connectivity index (χ1n) is 6.95. The summed E-state index contributed by atoms with van der Waals surface area (Å²) in [6.07, 6.45) is 4.64. The molecule has 0 spiro atoms. The normalized spacial score (nSPS) is 26.1. The Morgan fingerprint density at radius 2 is 2.32 bits per heavy atom. The molecule has 5 nitrogen and oxygen atoms in total. The Balaban J connectivity index is 1.76. The molecule has 1 aliphatic carbocycles. The zero-order valence-corrected chi connectivity index (χ0v) is 11.0. The van der Waals surface area contributed by atoms with E-state index in [1.54, 1.807) is 0 Å². The molecule has 102 valence electrons. The van der Waals surface area contributed by atoms with Crippen molar-refractivity contribution >= 4 is 12.2 Å². The molecule has 0 saturated carbocycles. The summed E-state index contributed by atoms with van der Waals surface area (Å²) < 4.78 is 0. The monoisotopic (exact) mass is 260 g/mol. The molecule has 1 saturated heterocycles. The van der Waals surface area contributed by atoms with Crippen molar-refractivity contribution in [2.24, 2.45) is 5.73 Å². The zero-order valence-electron chi connectivity index (χ0n) is 11.0. The molecule has 5 heteroatoms. The molecule has 3 rings (SSSR count). The van der Waals surface area contributed by atoms with E-state index < -0.39 is 0 Å². The molecule has 0 bridgehead atoms. The first kappa shape index (κ1) is 12.4. The highest BCUT2D eigenvalue weighted by Crippen LogP contribution is 2.24. The average molecular weight is 260 g/mol. The molecule has 2 aliphatic rings. The number of pyridine rings is 1. The Hall–Kier alpha value is -1.62. The molecule has 0 aromatic carbocycles. The molecule has 19 heavy (non-hydrogen) atoms. The minimum Gasteiger partial charge on any atom is -0.356 e. The van der Waals surface area contributed by atoms with Gasteiger partial charge in [0.1, 0.15) is 5.82 Å². The Morgan fingerprint density at radius 3 is 3.05 bits per heavy atom. The van der Waals surface area contributed by atoms with E-state index in [1.165, 1.54) is 11.3 Å². The fraction of sp³-hybridized carbons (Fsp3) is 0.571. The minimum atomic E-state index is 0.262. The summed E-state index contributed by atoms with van der Waals surface area (Å²) in [6.45, 7) is 1.91. The third-order valence-electron chi connectivity index (χ3n) is 4.10. The van der Waals surface area contributed by atoms with E-state index >= 15 is 0 Å². The van der Waals surface area contributed by atoms with Crippen molar-refractivity contribution in [2.45, 2.75) is 37.8 Å². The highest BCUT2D eigenvalue weighted by atomic mass is 16.1. The van der Waals surface area contributed by atoms with Crippen molar-refractivity contribution in [3.8, 4) is 0 Å². The Bertz CT molecular complexity index is 477. The molecule has 0 radical (unpaired) electrons. The number of aryl methyl sites for hydroxylation is 1. The molecule has 2 atom stereocenters. The van der Waals surface area contributed by atoms with Crippen LogP contribution in [0.1, 0.15) is 24.1 Å². The van der Waals surface area contributed by atoms with Crippen molar-refractivity contribution in [1.29, 1.82) is 0 Å². The summed E-state index contributed by atoms with van der Waals surface area (Å²) in [6, 6.07) is 4.78. The maximum atomic E-state index is 10.5. The summed E-state index contributed by atoms with van der Waals surface area (Å²) in [4.78, 5) is 17.5. The predicted molar refractivity (Wildman–Crippen MR) is 74.1 cm³/mol. The lowest BCUT2D eigenvalue weighted by atomic mass is 9.92. The van der Waals surface area contributed by atoms with Gasteiger partial charge in [-0.25, -0.2) is 4.98 Å². The van der Waals surface area contributed by atoms with Crippen LogP contribution in [0.2, 0.25) is 0 Å². The van der Waals surface area contributed by atoms with Crippen molar-refractivity contribution < 1.29 is 4.79 Å². The van der Waals surface area contributed by atoms with Gasteiger partial charge in [-0.3, -0.25) is 4.79 Å². The third kappa shape index (κ3) is 2.56. The number of hydrogen-bond acceptors (Lipinski definition) is 4.